The van der Waals surface area contributed by atoms with Crippen LogP contribution in [0.5, 0.6) is 5.75 Å². The largest absolute Gasteiger partial charge is 0.496 e. The van der Waals surface area contributed by atoms with Gasteiger partial charge in [-0.3, -0.25) is 4.79 Å². The van der Waals surface area contributed by atoms with Crippen molar-refractivity contribution >= 4 is 16.7 Å². The lowest BCUT2D eigenvalue weighted by atomic mass is 9.45. The van der Waals surface area contributed by atoms with E-state index in [9.17, 15) is 15.2 Å². The number of nitrogens with zero attached hydrogens (tertiary/aromatic N) is 1. The second-order valence-electron chi connectivity index (χ2n) is 10.2. The number of carboxylic acid groups (broad SMARTS) is 1. The van der Waals surface area contributed by atoms with Gasteiger partial charge in [0.15, 0.2) is 5.41 Å². The summed E-state index contributed by atoms with van der Waals surface area (Å²) < 4.78 is 5.85. The first kappa shape index (κ1) is 25.0. The first-order valence-corrected chi connectivity index (χ1v) is 12.0. The quantitative estimate of drug-likeness (QED) is 0.311. The highest BCUT2D eigenvalue weighted by molar-refractivity contribution is 5.91. The molecule has 0 spiro atoms. The van der Waals surface area contributed by atoms with Crippen LogP contribution in [0, 0.1) is 22.2 Å². The predicted octanol–water partition coefficient (Wildman–Crippen LogP) is 7.02. The summed E-state index contributed by atoms with van der Waals surface area (Å²) in [5, 5.41) is 24.0. The lowest BCUT2D eigenvalue weighted by molar-refractivity contribution is -0.151. The van der Waals surface area contributed by atoms with Gasteiger partial charge >= 0.3 is 5.97 Å². The molecule has 36 heavy (non-hydrogen) atoms. The standard InChI is InChI=1S/C32H31NO3/c1-30(2,3)32(27-18-10-11-20-28(27)36-4,26-19-12-16-24-15-8-9-17-25(24)26)31(22-33,29(34)35)21-23-13-6-5-7-14-23/h5-20H,21H2,1-4H3,(H,34,35). The molecule has 182 valence electrons. The first-order chi connectivity index (χ1) is 17.2. The summed E-state index contributed by atoms with van der Waals surface area (Å²) in [6.07, 6.45) is 0.0260. The minimum Gasteiger partial charge on any atom is -0.496 e. The number of nitriles is 1. The van der Waals surface area contributed by atoms with Crippen molar-refractivity contribution in [2.75, 3.05) is 7.11 Å². The Morgan fingerprint density at radius 3 is 2.06 bits per heavy atom. The zero-order valence-corrected chi connectivity index (χ0v) is 21.2. The number of ether oxygens (including phenoxy) is 1. The summed E-state index contributed by atoms with van der Waals surface area (Å²) in [7, 11) is 1.58. The van der Waals surface area contributed by atoms with Crippen LogP contribution in [0.2, 0.25) is 0 Å². The molecule has 0 saturated heterocycles. The molecule has 4 rings (SSSR count). The summed E-state index contributed by atoms with van der Waals surface area (Å²) in [6, 6.07) is 33.1. The van der Waals surface area contributed by atoms with E-state index >= 15 is 0 Å². The molecule has 0 bridgehead atoms. The molecule has 1 N–H and O–H groups in total. The maximum atomic E-state index is 13.6. The smallest absolute Gasteiger partial charge is 0.325 e. The molecule has 0 aliphatic rings. The third-order valence-corrected chi connectivity index (χ3v) is 7.34. The van der Waals surface area contributed by atoms with Crippen LogP contribution in [0.15, 0.2) is 97.1 Å². The molecule has 4 heteroatoms. The molecular formula is C32H31NO3. The lowest BCUT2D eigenvalue weighted by Crippen LogP contribution is -2.59. The van der Waals surface area contributed by atoms with E-state index in [0.29, 0.717) is 11.3 Å². The average molecular weight is 478 g/mol. The zero-order chi connectivity index (χ0) is 26.0. The normalized spacial score (nSPS) is 14.9. The molecular weight excluding hydrogens is 446 g/mol. The Kier molecular flexibility index (Phi) is 6.61. The van der Waals surface area contributed by atoms with Crippen LogP contribution in [0.25, 0.3) is 10.8 Å². The Morgan fingerprint density at radius 2 is 1.42 bits per heavy atom. The fourth-order valence-electron chi connectivity index (χ4n) is 6.00. The summed E-state index contributed by atoms with van der Waals surface area (Å²) >= 11 is 0. The van der Waals surface area contributed by atoms with Gasteiger partial charge < -0.3 is 9.84 Å². The molecule has 0 heterocycles. The van der Waals surface area contributed by atoms with Crippen LogP contribution in [-0.4, -0.2) is 18.2 Å². The molecule has 0 radical (unpaired) electrons. The van der Waals surface area contributed by atoms with Gasteiger partial charge in [0.1, 0.15) is 5.75 Å². The van der Waals surface area contributed by atoms with Gasteiger partial charge in [-0.2, -0.15) is 5.26 Å². The van der Waals surface area contributed by atoms with Crippen molar-refractivity contribution in [1.29, 1.82) is 5.26 Å². The minimum absolute atomic E-state index is 0.0260. The summed E-state index contributed by atoms with van der Waals surface area (Å²) in [5.74, 6) is -0.614. The number of methoxy groups -OCH3 is 1. The van der Waals surface area contributed by atoms with Crippen molar-refractivity contribution in [3.05, 3.63) is 114 Å². The van der Waals surface area contributed by atoms with Gasteiger partial charge in [0.05, 0.1) is 18.6 Å². The third-order valence-electron chi connectivity index (χ3n) is 7.34. The molecule has 2 atom stereocenters. The van der Waals surface area contributed by atoms with Crippen LogP contribution in [0.4, 0.5) is 0 Å². The van der Waals surface area contributed by atoms with E-state index in [4.69, 9.17) is 4.74 Å². The number of carbonyl (C=O) groups is 1. The van der Waals surface area contributed by atoms with E-state index in [0.717, 1.165) is 21.9 Å². The van der Waals surface area contributed by atoms with Gasteiger partial charge in [-0.1, -0.05) is 112 Å². The van der Waals surface area contributed by atoms with Crippen molar-refractivity contribution < 1.29 is 14.6 Å². The Balaban J connectivity index is 2.28. The second-order valence-corrected chi connectivity index (χ2v) is 10.2. The van der Waals surface area contributed by atoms with Gasteiger partial charge in [0, 0.05) is 12.0 Å². The van der Waals surface area contributed by atoms with Gasteiger partial charge in [0.2, 0.25) is 0 Å². The molecule has 0 saturated carbocycles. The van der Waals surface area contributed by atoms with E-state index in [1.807, 2.05) is 118 Å². The lowest BCUT2D eigenvalue weighted by Gasteiger charge is -2.54. The topological polar surface area (TPSA) is 70.3 Å². The van der Waals surface area contributed by atoms with Crippen LogP contribution in [-0.2, 0) is 16.6 Å². The number of carboxylic acids is 1. The van der Waals surface area contributed by atoms with Crippen molar-refractivity contribution in [2.24, 2.45) is 10.8 Å². The molecule has 0 fully saturated rings. The zero-order valence-electron chi connectivity index (χ0n) is 21.2. The molecule has 4 aromatic carbocycles. The maximum absolute atomic E-state index is 13.6. The third kappa shape index (κ3) is 3.72. The highest BCUT2D eigenvalue weighted by atomic mass is 16.5. The Bertz CT molecular complexity index is 1430. The molecule has 0 aliphatic heterocycles. The number of rotatable bonds is 7. The van der Waals surface area contributed by atoms with Gasteiger partial charge in [0.25, 0.3) is 0 Å². The van der Waals surface area contributed by atoms with Crippen LogP contribution < -0.4 is 4.74 Å². The molecule has 4 nitrogen and oxygen atoms in total. The Morgan fingerprint density at radius 1 is 0.833 bits per heavy atom. The molecule has 4 aromatic rings. The molecule has 0 amide bonds. The van der Waals surface area contributed by atoms with Crippen molar-refractivity contribution in [1.82, 2.24) is 0 Å². The van der Waals surface area contributed by atoms with Gasteiger partial charge in [-0.15, -0.1) is 0 Å². The van der Waals surface area contributed by atoms with E-state index < -0.39 is 22.2 Å². The number of benzene rings is 4. The highest BCUT2D eigenvalue weighted by Gasteiger charge is 2.65. The van der Waals surface area contributed by atoms with E-state index in [-0.39, 0.29) is 6.42 Å². The van der Waals surface area contributed by atoms with Crippen molar-refractivity contribution in [3.63, 3.8) is 0 Å². The summed E-state index contributed by atoms with van der Waals surface area (Å²) in [5.41, 5.74) is -1.65. The number of para-hydroxylation sites is 1. The summed E-state index contributed by atoms with van der Waals surface area (Å²) in [4.78, 5) is 13.6. The Labute approximate surface area is 212 Å². The second kappa shape index (κ2) is 9.51. The van der Waals surface area contributed by atoms with Crippen LogP contribution in [0.3, 0.4) is 0 Å². The fraction of sp³-hybridized carbons (Fsp3) is 0.250. The van der Waals surface area contributed by atoms with Crippen molar-refractivity contribution in [3.8, 4) is 11.8 Å². The predicted molar refractivity (Wildman–Crippen MR) is 143 cm³/mol. The number of fused-ring (bicyclic) bond motifs is 1. The fourth-order valence-corrected chi connectivity index (χ4v) is 6.00. The average Bonchev–Trinajstić information content (AvgIpc) is 2.88. The van der Waals surface area contributed by atoms with Crippen LogP contribution in [0.1, 0.15) is 37.5 Å². The van der Waals surface area contributed by atoms with E-state index in [1.165, 1.54) is 0 Å². The molecule has 0 aromatic heterocycles. The number of hydrogen-bond acceptors (Lipinski definition) is 3. The number of hydrogen-bond donors (Lipinski definition) is 1. The monoisotopic (exact) mass is 477 g/mol. The maximum Gasteiger partial charge on any atom is 0.325 e. The molecule has 2 unspecified atom stereocenters. The van der Waals surface area contributed by atoms with Crippen molar-refractivity contribution in [2.45, 2.75) is 32.6 Å². The van der Waals surface area contributed by atoms with E-state index in [1.54, 1.807) is 7.11 Å². The van der Waals surface area contributed by atoms with Crippen LogP contribution >= 0.6 is 0 Å². The highest BCUT2D eigenvalue weighted by Crippen LogP contribution is 2.61. The van der Waals surface area contributed by atoms with E-state index in [2.05, 4.69) is 6.07 Å². The summed E-state index contributed by atoms with van der Waals surface area (Å²) in [6.45, 7) is 6.05. The van der Waals surface area contributed by atoms with Gasteiger partial charge in [-0.25, -0.2) is 0 Å². The minimum atomic E-state index is -1.87. The van der Waals surface area contributed by atoms with Gasteiger partial charge in [-0.05, 0) is 33.4 Å². The number of aliphatic carboxylic acids is 1. The SMILES string of the molecule is COc1ccccc1C(c1cccc2ccccc12)(C(C)(C)C)C(C#N)(Cc1ccccc1)C(=O)O. The molecule has 0 aliphatic carbocycles. The first-order valence-electron chi connectivity index (χ1n) is 12.0. The Hall–Kier alpha value is -4.10.